The molecule has 1 atom stereocenters. The smallest absolute Gasteiger partial charge is 0.423 e. The van der Waals surface area contributed by atoms with Crippen LogP contribution in [0.1, 0.15) is 134 Å². The lowest BCUT2D eigenvalue weighted by Gasteiger charge is -2.18. The number of ether oxygens (including phenoxy) is 2. The zero-order chi connectivity index (χ0) is 36.8. The van der Waals surface area contributed by atoms with Gasteiger partial charge in [-0.25, -0.2) is 9.59 Å². The Hall–Kier alpha value is -4.06. The summed E-state index contributed by atoms with van der Waals surface area (Å²) in [4.78, 5) is 27.0. The molecule has 0 aliphatic heterocycles. The maximum atomic E-state index is 13.5. The molecule has 50 heavy (non-hydrogen) atoms. The number of carbonyl (C=O) groups excluding carboxylic acids is 2. The number of unbranched alkanes of at least 4 members (excludes halogenated alkanes) is 4. The molecule has 3 aromatic rings. The number of phenolic OH excluding ortho intramolecular Hbond substituents is 2. The van der Waals surface area contributed by atoms with Crippen LogP contribution in [0.4, 0.5) is 0 Å². The van der Waals surface area contributed by atoms with Gasteiger partial charge in [0.2, 0.25) is 0 Å². The summed E-state index contributed by atoms with van der Waals surface area (Å²) in [5, 5.41) is 22.5. The zero-order valence-corrected chi connectivity index (χ0v) is 31.6. The molecule has 0 aliphatic rings. The Kier molecular flexibility index (Phi) is 16.1. The van der Waals surface area contributed by atoms with Crippen molar-refractivity contribution < 1.29 is 29.3 Å². The molecule has 0 saturated heterocycles. The molecular formula is C44H60O6. The Balaban J connectivity index is 1.96. The molecule has 0 fully saturated rings. The van der Waals surface area contributed by atoms with Crippen LogP contribution in [-0.2, 0) is 28.9 Å². The van der Waals surface area contributed by atoms with Crippen LogP contribution >= 0.6 is 0 Å². The van der Waals surface area contributed by atoms with Crippen LogP contribution in [0, 0.1) is 18.8 Å². The monoisotopic (exact) mass is 684 g/mol. The van der Waals surface area contributed by atoms with Gasteiger partial charge in [0, 0.05) is 5.56 Å². The number of esters is 2. The number of carbonyl (C=O) groups is 2. The summed E-state index contributed by atoms with van der Waals surface area (Å²) in [7, 11) is 0. The molecule has 0 unspecified atom stereocenters. The highest BCUT2D eigenvalue weighted by Crippen LogP contribution is 2.43. The fourth-order valence-electron chi connectivity index (χ4n) is 6.41. The van der Waals surface area contributed by atoms with Crippen molar-refractivity contribution in [2.45, 2.75) is 132 Å². The minimum absolute atomic E-state index is 0.0437. The summed E-state index contributed by atoms with van der Waals surface area (Å²) >= 11 is 0. The summed E-state index contributed by atoms with van der Waals surface area (Å²) in [5.74, 6) is -1.01. The van der Waals surface area contributed by atoms with Gasteiger partial charge in [0.15, 0.2) is 0 Å². The molecule has 0 amide bonds. The standard InChI is InChI=1S/C44H60O6/c1-9-11-13-18-33-25-38(45)36(23-20-31(7)17-15-16-29(3)4)40(27-33)49-43(47)44(48)50-41-28-34(19-14-12-10-2)26-39(46)42(41)37-24-32(8)21-22-35(37)30(5)6/h21-22,24-29,31,45-46H,5,9-20,23H2,1-4,6-8H3/t31-/m0/s1. The van der Waals surface area contributed by atoms with E-state index in [0.29, 0.717) is 41.4 Å². The van der Waals surface area contributed by atoms with Crippen molar-refractivity contribution in [3.05, 3.63) is 76.9 Å². The number of hydrogen-bond acceptors (Lipinski definition) is 6. The molecule has 6 heteroatoms. The third-order valence-corrected chi connectivity index (χ3v) is 9.37. The van der Waals surface area contributed by atoms with Gasteiger partial charge < -0.3 is 19.7 Å². The van der Waals surface area contributed by atoms with E-state index in [1.54, 1.807) is 24.3 Å². The summed E-state index contributed by atoms with van der Waals surface area (Å²) < 4.78 is 11.6. The average molecular weight is 685 g/mol. The summed E-state index contributed by atoms with van der Waals surface area (Å²) in [6.07, 6.45) is 12.1. The molecule has 6 nitrogen and oxygen atoms in total. The van der Waals surface area contributed by atoms with Crippen molar-refractivity contribution in [2.75, 3.05) is 0 Å². The van der Waals surface area contributed by atoms with Gasteiger partial charge in [-0.2, -0.15) is 0 Å². The van der Waals surface area contributed by atoms with E-state index in [4.69, 9.17) is 9.47 Å². The predicted molar refractivity (Wildman–Crippen MR) is 205 cm³/mol. The molecule has 2 N–H and O–H groups in total. The fourth-order valence-corrected chi connectivity index (χ4v) is 6.41. The first-order valence-electron chi connectivity index (χ1n) is 18.8. The number of aryl methyl sites for hydroxylation is 3. The van der Waals surface area contributed by atoms with Crippen LogP contribution in [0.2, 0.25) is 0 Å². The van der Waals surface area contributed by atoms with Gasteiger partial charge >= 0.3 is 11.9 Å². The Morgan fingerprint density at radius 1 is 0.720 bits per heavy atom. The SMILES string of the molecule is C=C(C)c1ccc(C)cc1-c1c(O)cc(CCCCC)cc1OC(=O)C(=O)Oc1cc(CCCCC)cc(O)c1CC[C@@H](C)CCCC(C)C. The molecule has 3 rings (SSSR count). The maximum Gasteiger partial charge on any atom is 0.423 e. The summed E-state index contributed by atoms with van der Waals surface area (Å²) in [5.41, 5.74) is 5.66. The largest absolute Gasteiger partial charge is 0.508 e. The third-order valence-electron chi connectivity index (χ3n) is 9.37. The van der Waals surface area contributed by atoms with Crippen molar-refractivity contribution >= 4 is 17.5 Å². The number of phenols is 2. The number of hydrogen-bond donors (Lipinski definition) is 2. The van der Waals surface area contributed by atoms with E-state index in [9.17, 15) is 19.8 Å². The predicted octanol–water partition coefficient (Wildman–Crippen LogP) is 11.5. The molecule has 0 saturated carbocycles. The maximum absolute atomic E-state index is 13.5. The number of aromatic hydroxyl groups is 2. The third kappa shape index (κ3) is 12.1. The number of allylic oxidation sites excluding steroid dienone is 1. The molecule has 0 aliphatic carbocycles. The highest BCUT2D eigenvalue weighted by atomic mass is 16.6. The number of benzene rings is 3. The molecule has 0 heterocycles. The first kappa shape index (κ1) is 40.4. The Morgan fingerprint density at radius 3 is 1.88 bits per heavy atom. The van der Waals surface area contributed by atoms with E-state index in [-0.39, 0.29) is 23.0 Å². The van der Waals surface area contributed by atoms with Crippen molar-refractivity contribution in [3.63, 3.8) is 0 Å². The average Bonchev–Trinajstić information content (AvgIpc) is 3.04. The molecule has 0 aromatic heterocycles. The van der Waals surface area contributed by atoms with Crippen LogP contribution in [-0.4, -0.2) is 22.2 Å². The zero-order valence-electron chi connectivity index (χ0n) is 31.6. The van der Waals surface area contributed by atoms with Gasteiger partial charge in [-0.15, -0.1) is 0 Å². The minimum Gasteiger partial charge on any atom is -0.508 e. The highest BCUT2D eigenvalue weighted by molar-refractivity contribution is 6.31. The lowest BCUT2D eigenvalue weighted by molar-refractivity contribution is -0.156. The first-order chi connectivity index (χ1) is 23.8. The van der Waals surface area contributed by atoms with Crippen molar-refractivity contribution in [1.82, 2.24) is 0 Å². The Labute approximate surface area is 300 Å². The van der Waals surface area contributed by atoms with Crippen LogP contribution in [0.25, 0.3) is 16.7 Å². The molecule has 3 aromatic carbocycles. The van der Waals surface area contributed by atoms with E-state index in [0.717, 1.165) is 92.0 Å². The quantitative estimate of drug-likeness (QED) is 0.0565. The van der Waals surface area contributed by atoms with E-state index in [1.807, 2.05) is 32.0 Å². The second-order valence-electron chi connectivity index (χ2n) is 14.6. The summed E-state index contributed by atoms with van der Waals surface area (Å²) in [6, 6.07) is 12.8. The highest BCUT2D eigenvalue weighted by Gasteiger charge is 2.26. The van der Waals surface area contributed by atoms with E-state index in [1.165, 1.54) is 6.42 Å². The lowest BCUT2D eigenvalue weighted by atomic mass is 9.91. The fraction of sp³-hybridized carbons (Fsp3) is 0.500. The second-order valence-corrected chi connectivity index (χ2v) is 14.6. The van der Waals surface area contributed by atoms with E-state index >= 15 is 0 Å². The van der Waals surface area contributed by atoms with Crippen molar-refractivity contribution in [1.29, 1.82) is 0 Å². The van der Waals surface area contributed by atoms with Crippen molar-refractivity contribution in [2.24, 2.45) is 11.8 Å². The van der Waals surface area contributed by atoms with Crippen LogP contribution in [0.5, 0.6) is 23.0 Å². The van der Waals surface area contributed by atoms with Crippen LogP contribution in [0.3, 0.4) is 0 Å². The van der Waals surface area contributed by atoms with E-state index in [2.05, 4.69) is 41.2 Å². The van der Waals surface area contributed by atoms with Gasteiger partial charge in [0.25, 0.3) is 0 Å². The molecule has 0 spiro atoms. The van der Waals surface area contributed by atoms with Crippen molar-refractivity contribution in [3.8, 4) is 34.1 Å². The second kappa shape index (κ2) is 20.0. The molecule has 0 bridgehead atoms. The van der Waals surface area contributed by atoms with Gasteiger partial charge in [0.1, 0.15) is 23.0 Å². The van der Waals surface area contributed by atoms with Crippen LogP contribution in [0.15, 0.2) is 49.0 Å². The molecule has 0 radical (unpaired) electrons. The normalized spacial score (nSPS) is 11.8. The number of rotatable bonds is 19. The summed E-state index contributed by atoms with van der Waals surface area (Å²) in [6.45, 7) is 18.9. The topological polar surface area (TPSA) is 93.1 Å². The van der Waals surface area contributed by atoms with Gasteiger partial charge in [0.05, 0.1) is 5.56 Å². The Morgan fingerprint density at radius 2 is 1.30 bits per heavy atom. The minimum atomic E-state index is -1.20. The van der Waals surface area contributed by atoms with Gasteiger partial charge in [-0.3, -0.25) is 0 Å². The molecule has 272 valence electrons. The first-order valence-corrected chi connectivity index (χ1v) is 18.8. The van der Waals surface area contributed by atoms with Crippen LogP contribution < -0.4 is 9.47 Å². The van der Waals surface area contributed by atoms with E-state index < -0.39 is 11.9 Å². The van der Waals surface area contributed by atoms with Gasteiger partial charge in [-0.1, -0.05) is 115 Å². The lowest BCUT2D eigenvalue weighted by Crippen LogP contribution is -2.26. The van der Waals surface area contributed by atoms with Gasteiger partial charge in [-0.05, 0) is 111 Å². The molecular weight excluding hydrogens is 624 g/mol. The Bertz CT molecular complexity index is 1600.